The highest BCUT2D eigenvalue weighted by Crippen LogP contribution is 2.43. The molecule has 7 nitrogen and oxygen atoms in total. The standard InChI is InChI=1S/C31H42N4O3S/c1-22-10-11-23-19-27(32-26(23)18-22)25-20-24(12-13-28(25)34-15-7-8-16-34)39(37,38)33(6)21-29(36)35-17-9-14-30(2,3)31(35,4)5/h10-13,18-20,32H,7-9,14-17,21H2,1-6H3. The van der Waals surface area contributed by atoms with Crippen molar-refractivity contribution >= 4 is 32.5 Å². The maximum Gasteiger partial charge on any atom is 0.243 e. The Labute approximate surface area is 233 Å². The number of nitrogens with zero attached hydrogens (tertiary/aromatic N) is 3. The van der Waals surface area contributed by atoms with Crippen LogP contribution >= 0.6 is 0 Å². The molecule has 0 bridgehead atoms. The lowest BCUT2D eigenvalue weighted by molar-refractivity contribution is -0.145. The third-order valence-electron chi connectivity index (χ3n) is 9.36. The summed E-state index contributed by atoms with van der Waals surface area (Å²) in [6.07, 6.45) is 4.21. The lowest BCUT2D eigenvalue weighted by Gasteiger charge is -2.53. The number of likely N-dealkylation sites (tertiary alicyclic amines) is 1. The van der Waals surface area contributed by atoms with E-state index < -0.39 is 10.0 Å². The first-order valence-corrected chi connectivity index (χ1v) is 15.5. The molecule has 0 unspecified atom stereocenters. The normalized spacial score (nSPS) is 19.3. The number of likely N-dealkylation sites (N-methyl/N-ethyl adjacent to an activating group) is 1. The van der Waals surface area contributed by atoms with Crippen molar-refractivity contribution in [2.75, 3.05) is 38.1 Å². The van der Waals surface area contributed by atoms with E-state index in [1.54, 1.807) is 12.1 Å². The Balaban J connectivity index is 1.48. The fourth-order valence-electron chi connectivity index (χ4n) is 6.12. The Bertz CT molecular complexity index is 1500. The molecule has 0 atom stereocenters. The Hall–Kier alpha value is -2.84. The number of hydrogen-bond acceptors (Lipinski definition) is 4. The van der Waals surface area contributed by atoms with Crippen molar-refractivity contribution < 1.29 is 13.2 Å². The van der Waals surface area contributed by atoms with Crippen LogP contribution in [0.4, 0.5) is 5.69 Å². The molecule has 8 heteroatoms. The van der Waals surface area contributed by atoms with E-state index in [1.165, 1.54) is 16.9 Å². The molecule has 2 aromatic carbocycles. The van der Waals surface area contributed by atoms with Crippen LogP contribution in [0.1, 0.15) is 58.9 Å². The second-order valence-corrected chi connectivity index (χ2v) is 14.5. The number of aromatic nitrogens is 1. The summed E-state index contributed by atoms with van der Waals surface area (Å²) >= 11 is 0. The molecule has 1 N–H and O–H groups in total. The number of amides is 1. The molecule has 0 aliphatic carbocycles. The zero-order chi connectivity index (χ0) is 28.2. The van der Waals surface area contributed by atoms with Crippen LogP contribution in [0.15, 0.2) is 47.4 Å². The third kappa shape index (κ3) is 4.97. The number of benzene rings is 2. The van der Waals surface area contributed by atoms with E-state index in [0.29, 0.717) is 6.54 Å². The Morgan fingerprint density at radius 1 is 0.974 bits per heavy atom. The molecule has 5 rings (SSSR count). The summed E-state index contributed by atoms with van der Waals surface area (Å²) < 4.78 is 28.8. The molecule has 3 heterocycles. The molecule has 2 saturated heterocycles. The lowest BCUT2D eigenvalue weighted by Crippen LogP contribution is -2.61. The molecule has 2 fully saturated rings. The van der Waals surface area contributed by atoms with Crippen LogP contribution in [-0.4, -0.2) is 67.3 Å². The maximum absolute atomic E-state index is 13.8. The number of carbonyl (C=O) groups excluding carboxylic acids is 1. The molecule has 1 aromatic heterocycles. The summed E-state index contributed by atoms with van der Waals surface area (Å²) in [6, 6.07) is 13.8. The lowest BCUT2D eigenvalue weighted by atomic mass is 9.68. The molecule has 0 saturated carbocycles. The fourth-order valence-corrected chi connectivity index (χ4v) is 7.27. The molecule has 2 aliphatic rings. The zero-order valence-corrected chi connectivity index (χ0v) is 25.0. The highest BCUT2D eigenvalue weighted by Gasteiger charge is 2.46. The summed E-state index contributed by atoms with van der Waals surface area (Å²) in [4.78, 5) is 21.4. The van der Waals surface area contributed by atoms with Gasteiger partial charge < -0.3 is 14.8 Å². The van der Waals surface area contributed by atoms with Gasteiger partial charge in [-0.05, 0) is 87.8 Å². The second kappa shape index (κ2) is 9.97. The molecule has 1 amide bonds. The van der Waals surface area contributed by atoms with Crippen LogP contribution < -0.4 is 4.90 Å². The summed E-state index contributed by atoms with van der Waals surface area (Å²) in [5.41, 5.74) is 4.59. The molecule has 210 valence electrons. The van der Waals surface area contributed by atoms with Gasteiger partial charge in [-0.15, -0.1) is 0 Å². The van der Waals surface area contributed by atoms with Gasteiger partial charge >= 0.3 is 0 Å². The summed E-state index contributed by atoms with van der Waals surface area (Å²) in [5, 5.41) is 1.09. The van der Waals surface area contributed by atoms with Gasteiger partial charge in [0.2, 0.25) is 15.9 Å². The van der Waals surface area contributed by atoms with Crippen LogP contribution in [-0.2, 0) is 14.8 Å². The molecule has 0 radical (unpaired) electrons. The Morgan fingerprint density at radius 2 is 1.69 bits per heavy atom. The van der Waals surface area contributed by atoms with Crippen LogP contribution in [0, 0.1) is 12.3 Å². The number of piperidine rings is 1. The number of rotatable bonds is 6. The van der Waals surface area contributed by atoms with Crippen molar-refractivity contribution in [2.24, 2.45) is 5.41 Å². The van der Waals surface area contributed by atoms with Crippen LogP contribution in [0.3, 0.4) is 0 Å². The van der Waals surface area contributed by atoms with Gasteiger partial charge in [-0.1, -0.05) is 26.0 Å². The number of nitrogens with one attached hydrogen (secondary N) is 1. The van der Waals surface area contributed by atoms with Crippen LogP contribution in [0.5, 0.6) is 0 Å². The molecule has 2 aliphatic heterocycles. The van der Waals surface area contributed by atoms with Gasteiger partial charge in [0.05, 0.1) is 11.4 Å². The average molecular weight is 551 g/mol. The second-order valence-electron chi connectivity index (χ2n) is 12.5. The molecule has 39 heavy (non-hydrogen) atoms. The SMILES string of the molecule is Cc1ccc2cc(-c3cc(S(=O)(=O)N(C)CC(=O)N4CCCC(C)(C)C4(C)C)ccc3N3CCCC3)[nH]c2c1. The molecular formula is C31H42N4O3S. The van der Waals surface area contributed by atoms with E-state index in [-0.39, 0.29) is 28.3 Å². The van der Waals surface area contributed by atoms with Gasteiger partial charge in [-0.2, -0.15) is 4.31 Å². The van der Waals surface area contributed by atoms with Crippen molar-refractivity contribution in [1.29, 1.82) is 0 Å². The first-order valence-electron chi connectivity index (χ1n) is 14.1. The molecule has 3 aromatic rings. The van der Waals surface area contributed by atoms with E-state index in [9.17, 15) is 13.2 Å². The number of aryl methyl sites for hydroxylation is 1. The highest BCUT2D eigenvalue weighted by molar-refractivity contribution is 7.89. The highest BCUT2D eigenvalue weighted by atomic mass is 32.2. The van der Waals surface area contributed by atoms with E-state index in [2.05, 4.69) is 68.8 Å². The zero-order valence-electron chi connectivity index (χ0n) is 24.2. The maximum atomic E-state index is 13.8. The van der Waals surface area contributed by atoms with Crippen molar-refractivity contribution in [3.8, 4) is 11.3 Å². The first-order chi connectivity index (χ1) is 18.3. The fraction of sp³-hybridized carbons (Fsp3) is 0.516. The average Bonchev–Trinajstić information content (AvgIpc) is 3.55. The number of aromatic amines is 1. The number of carbonyl (C=O) groups is 1. The van der Waals surface area contributed by atoms with Crippen LogP contribution in [0.25, 0.3) is 22.2 Å². The largest absolute Gasteiger partial charge is 0.371 e. The number of fused-ring (bicyclic) bond motifs is 1. The molecule has 0 spiro atoms. The topological polar surface area (TPSA) is 76.7 Å². The van der Waals surface area contributed by atoms with Gasteiger partial charge in [0.25, 0.3) is 0 Å². The van der Waals surface area contributed by atoms with E-state index in [1.807, 2.05) is 11.0 Å². The summed E-state index contributed by atoms with van der Waals surface area (Å²) in [7, 11) is -2.38. The molecular weight excluding hydrogens is 508 g/mol. The quantitative estimate of drug-likeness (QED) is 0.421. The summed E-state index contributed by atoms with van der Waals surface area (Å²) in [5.74, 6) is -0.154. The van der Waals surface area contributed by atoms with Gasteiger partial charge in [0.1, 0.15) is 0 Å². The van der Waals surface area contributed by atoms with Crippen molar-refractivity contribution in [3.05, 3.63) is 48.0 Å². The first kappa shape index (κ1) is 27.7. The predicted molar refractivity (Wildman–Crippen MR) is 159 cm³/mol. The van der Waals surface area contributed by atoms with E-state index in [4.69, 9.17) is 0 Å². The van der Waals surface area contributed by atoms with Gasteiger partial charge in [0.15, 0.2) is 0 Å². The van der Waals surface area contributed by atoms with Crippen molar-refractivity contribution in [1.82, 2.24) is 14.2 Å². The number of sulfonamides is 1. The Kier molecular flexibility index (Phi) is 7.08. The Morgan fingerprint density at radius 3 is 2.41 bits per heavy atom. The monoisotopic (exact) mass is 550 g/mol. The minimum absolute atomic E-state index is 0.0449. The number of H-pyrrole nitrogens is 1. The number of anilines is 1. The summed E-state index contributed by atoms with van der Waals surface area (Å²) in [6.45, 7) is 13.0. The van der Waals surface area contributed by atoms with E-state index in [0.717, 1.165) is 66.6 Å². The third-order valence-corrected chi connectivity index (χ3v) is 11.2. The van der Waals surface area contributed by atoms with Gasteiger partial charge in [-0.25, -0.2) is 8.42 Å². The van der Waals surface area contributed by atoms with E-state index >= 15 is 0 Å². The van der Waals surface area contributed by atoms with Crippen molar-refractivity contribution in [3.63, 3.8) is 0 Å². The van der Waals surface area contributed by atoms with Crippen molar-refractivity contribution in [2.45, 2.75) is 70.7 Å². The predicted octanol–water partition coefficient (Wildman–Crippen LogP) is 5.79. The van der Waals surface area contributed by atoms with Crippen LogP contribution in [0.2, 0.25) is 0 Å². The van der Waals surface area contributed by atoms with Gasteiger partial charge in [-0.3, -0.25) is 4.79 Å². The van der Waals surface area contributed by atoms with Gasteiger partial charge in [0, 0.05) is 60.1 Å². The minimum Gasteiger partial charge on any atom is -0.371 e. The minimum atomic E-state index is -3.89. The smallest absolute Gasteiger partial charge is 0.243 e. The number of hydrogen-bond donors (Lipinski definition) is 1.